The molecule has 0 aromatic heterocycles. The molecule has 1 nitrogen and oxygen atoms in total. The summed E-state index contributed by atoms with van der Waals surface area (Å²) < 4.78 is 0. The van der Waals surface area contributed by atoms with Gasteiger partial charge in [-0.15, -0.1) is 0 Å². The van der Waals surface area contributed by atoms with Gasteiger partial charge in [-0.25, -0.2) is 0 Å². The maximum atomic E-state index is 2.31. The van der Waals surface area contributed by atoms with Crippen molar-refractivity contribution in [2.24, 2.45) is 0 Å². The third kappa shape index (κ3) is 4.20. The molecule has 0 aliphatic heterocycles. The van der Waals surface area contributed by atoms with Gasteiger partial charge in [0.15, 0.2) is 0 Å². The number of hydrogen-bond acceptors (Lipinski definition) is 1. The molecule has 0 saturated carbocycles. The van der Waals surface area contributed by atoms with Crippen molar-refractivity contribution < 1.29 is 0 Å². The lowest BCUT2D eigenvalue weighted by atomic mass is 9.98. The lowest BCUT2D eigenvalue weighted by Crippen LogP contribution is -2.09. The molecule has 35 heavy (non-hydrogen) atoms. The van der Waals surface area contributed by atoms with E-state index in [1.807, 2.05) is 0 Å². The molecule has 0 spiro atoms. The first-order valence-electron chi connectivity index (χ1n) is 12.0. The minimum Gasteiger partial charge on any atom is -0.311 e. The summed E-state index contributed by atoms with van der Waals surface area (Å²) in [5.41, 5.74) is 8.32. The smallest absolute Gasteiger partial charge is 0.0462 e. The summed E-state index contributed by atoms with van der Waals surface area (Å²) in [5, 5.41) is 2.54. The molecule has 0 aliphatic carbocycles. The second-order valence-corrected chi connectivity index (χ2v) is 8.66. The standard InChI is InChI=1S/C34H25N/c1-3-10-26(11-4-1)27-18-22-31(23-19-27)35(30-14-5-2-6-15-30)32-24-20-29(21-25-32)34-17-9-13-28-12-7-8-16-33(28)34/h1-25H. The van der Waals surface area contributed by atoms with Gasteiger partial charge in [0.25, 0.3) is 0 Å². The van der Waals surface area contributed by atoms with Crippen molar-refractivity contribution in [3.8, 4) is 22.3 Å². The first-order valence-corrected chi connectivity index (χ1v) is 12.0. The number of para-hydroxylation sites is 1. The Morgan fingerprint density at radius 2 is 0.800 bits per heavy atom. The van der Waals surface area contributed by atoms with Crippen molar-refractivity contribution in [2.75, 3.05) is 4.90 Å². The van der Waals surface area contributed by atoms with Crippen LogP contribution in [0.5, 0.6) is 0 Å². The molecule has 0 saturated heterocycles. The second-order valence-electron chi connectivity index (χ2n) is 8.66. The third-order valence-electron chi connectivity index (χ3n) is 6.47. The molecular weight excluding hydrogens is 422 g/mol. The first kappa shape index (κ1) is 20.9. The van der Waals surface area contributed by atoms with E-state index >= 15 is 0 Å². The SMILES string of the molecule is c1ccc(-c2ccc(N(c3ccccc3)c3ccc(-c4cccc5ccccc45)cc3)cc2)cc1. The Balaban J connectivity index is 1.39. The molecule has 0 atom stereocenters. The Labute approximate surface area is 206 Å². The molecule has 0 unspecified atom stereocenters. The molecule has 166 valence electrons. The van der Waals surface area contributed by atoms with E-state index in [0.29, 0.717) is 0 Å². The number of rotatable bonds is 5. The largest absolute Gasteiger partial charge is 0.311 e. The van der Waals surface area contributed by atoms with Gasteiger partial charge in [-0.3, -0.25) is 0 Å². The highest BCUT2D eigenvalue weighted by Crippen LogP contribution is 2.37. The van der Waals surface area contributed by atoms with E-state index in [-0.39, 0.29) is 0 Å². The minimum absolute atomic E-state index is 1.13. The lowest BCUT2D eigenvalue weighted by Gasteiger charge is -2.26. The van der Waals surface area contributed by atoms with Crippen molar-refractivity contribution in [3.63, 3.8) is 0 Å². The average Bonchev–Trinajstić information content (AvgIpc) is 2.95. The van der Waals surface area contributed by atoms with Crippen molar-refractivity contribution in [1.29, 1.82) is 0 Å². The van der Waals surface area contributed by atoms with Crippen LogP contribution in [0.25, 0.3) is 33.0 Å². The maximum Gasteiger partial charge on any atom is 0.0462 e. The van der Waals surface area contributed by atoms with Gasteiger partial charge in [0.05, 0.1) is 0 Å². The summed E-state index contributed by atoms with van der Waals surface area (Å²) in [4.78, 5) is 2.31. The quantitative estimate of drug-likeness (QED) is 0.254. The van der Waals surface area contributed by atoms with E-state index < -0.39 is 0 Å². The van der Waals surface area contributed by atoms with Gasteiger partial charge in [-0.2, -0.15) is 0 Å². The van der Waals surface area contributed by atoms with Crippen LogP contribution in [-0.4, -0.2) is 0 Å². The fraction of sp³-hybridized carbons (Fsp3) is 0. The van der Waals surface area contributed by atoms with Gasteiger partial charge in [-0.05, 0) is 69.4 Å². The molecule has 0 radical (unpaired) electrons. The van der Waals surface area contributed by atoms with E-state index in [1.54, 1.807) is 0 Å². The van der Waals surface area contributed by atoms with Gasteiger partial charge in [0.1, 0.15) is 0 Å². The molecule has 0 aliphatic rings. The Morgan fingerprint density at radius 1 is 0.314 bits per heavy atom. The molecule has 0 heterocycles. The minimum atomic E-state index is 1.13. The fourth-order valence-corrected chi connectivity index (χ4v) is 4.73. The summed E-state index contributed by atoms with van der Waals surface area (Å²) in [7, 11) is 0. The molecule has 6 rings (SSSR count). The fourth-order valence-electron chi connectivity index (χ4n) is 4.73. The Hall–Kier alpha value is -4.62. The van der Waals surface area contributed by atoms with Crippen LogP contribution in [0.1, 0.15) is 0 Å². The molecule has 0 amide bonds. The normalized spacial score (nSPS) is 10.9. The van der Waals surface area contributed by atoms with Gasteiger partial charge >= 0.3 is 0 Å². The van der Waals surface area contributed by atoms with Crippen LogP contribution in [0, 0.1) is 0 Å². The van der Waals surface area contributed by atoms with Gasteiger partial charge in [-0.1, -0.05) is 115 Å². The van der Waals surface area contributed by atoms with Crippen molar-refractivity contribution >= 4 is 27.8 Å². The van der Waals surface area contributed by atoms with Gasteiger partial charge in [0.2, 0.25) is 0 Å². The van der Waals surface area contributed by atoms with Gasteiger partial charge in [0, 0.05) is 17.1 Å². The van der Waals surface area contributed by atoms with Crippen LogP contribution in [0.15, 0.2) is 152 Å². The van der Waals surface area contributed by atoms with Crippen molar-refractivity contribution in [2.45, 2.75) is 0 Å². The summed E-state index contributed by atoms with van der Waals surface area (Å²) in [6, 6.07) is 53.8. The number of anilines is 3. The van der Waals surface area contributed by atoms with Crippen molar-refractivity contribution in [1.82, 2.24) is 0 Å². The maximum absolute atomic E-state index is 2.31. The summed E-state index contributed by atoms with van der Waals surface area (Å²) in [6.45, 7) is 0. The average molecular weight is 448 g/mol. The van der Waals surface area contributed by atoms with E-state index in [4.69, 9.17) is 0 Å². The zero-order chi connectivity index (χ0) is 23.5. The lowest BCUT2D eigenvalue weighted by molar-refractivity contribution is 1.28. The molecule has 0 bridgehead atoms. The molecule has 0 N–H and O–H groups in total. The number of benzene rings is 6. The van der Waals surface area contributed by atoms with E-state index in [1.165, 1.54) is 33.0 Å². The van der Waals surface area contributed by atoms with Crippen LogP contribution in [0.2, 0.25) is 0 Å². The van der Waals surface area contributed by atoms with Crippen LogP contribution in [0.3, 0.4) is 0 Å². The van der Waals surface area contributed by atoms with Crippen molar-refractivity contribution in [3.05, 3.63) is 152 Å². The summed E-state index contributed by atoms with van der Waals surface area (Å²) in [5.74, 6) is 0. The highest BCUT2D eigenvalue weighted by molar-refractivity contribution is 5.97. The Morgan fingerprint density at radius 3 is 1.49 bits per heavy atom. The van der Waals surface area contributed by atoms with E-state index in [9.17, 15) is 0 Å². The zero-order valence-corrected chi connectivity index (χ0v) is 19.4. The Kier molecular flexibility index (Phi) is 5.58. The molecule has 6 aromatic rings. The van der Waals surface area contributed by atoms with Crippen LogP contribution >= 0.6 is 0 Å². The Bertz CT molecular complexity index is 1550. The van der Waals surface area contributed by atoms with Crippen LogP contribution in [0.4, 0.5) is 17.1 Å². The summed E-state index contributed by atoms with van der Waals surface area (Å²) in [6.07, 6.45) is 0. The van der Waals surface area contributed by atoms with Crippen LogP contribution < -0.4 is 4.90 Å². The molecule has 1 heteroatoms. The van der Waals surface area contributed by atoms with E-state index in [2.05, 4.69) is 157 Å². The topological polar surface area (TPSA) is 3.24 Å². The van der Waals surface area contributed by atoms with E-state index in [0.717, 1.165) is 17.1 Å². The predicted octanol–water partition coefficient (Wildman–Crippen LogP) is 9.64. The zero-order valence-electron chi connectivity index (χ0n) is 19.4. The molecule has 6 aromatic carbocycles. The second kappa shape index (κ2) is 9.32. The highest BCUT2D eigenvalue weighted by atomic mass is 15.1. The third-order valence-corrected chi connectivity index (χ3v) is 6.47. The molecular formula is C34H25N. The van der Waals surface area contributed by atoms with Crippen LogP contribution in [-0.2, 0) is 0 Å². The molecule has 0 fully saturated rings. The number of nitrogens with zero attached hydrogens (tertiary/aromatic N) is 1. The summed E-state index contributed by atoms with van der Waals surface area (Å²) >= 11 is 0. The van der Waals surface area contributed by atoms with Gasteiger partial charge < -0.3 is 4.90 Å². The monoisotopic (exact) mass is 447 g/mol. The first-order chi connectivity index (χ1) is 17.4. The highest BCUT2D eigenvalue weighted by Gasteiger charge is 2.13. The predicted molar refractivity (Wildman–Crippen MR) is 150 cm³/mol. The number of fused-ring (bicyclic) bond motifs is 1. The number of hydrogen-bond donors (Lipinski definition) is 0.